The summed E-state index contributed by atoms with van der Waals surface area (Å²) in [5.74, 6) is 5.85. The average Bonchev–Trinajstić information content (AvgIpc) is 2.62. The molecule has 1 rings (SSSR count). The summed E-state index contributed by atoms with van der Waals surface area (Å²) in [5, 5.41) is 3.32. The SMILES string of the molecule is CC#CCNCC1(C)CC1. The van der Waals surface area contributed by atoms with Gasteiger partial charge in [0.25, 0.3) is 0 Å². The standard InChI is InChI=1S/C9H15N/c1-3-4-7-10-8-9(2)5-6-9/h10H,5-8H2,1-2H3. The summed E-state index contributed by atoms with van der Waals surface area (Å²) in [5.41, 5.74) is 0.620. The van der Waals surface area contributed by atoms with Gasteiger partial charge in [-0.3, -0.25) is 0 Å². The van der Waals surface area contributed by atoms with Crippen molar-refractivity contribution in [2.45, 2.75) is 26.7 Å². The lowest BCUT2D eigenvalue weighted by atomic mass is 10.1. The van der Waals surface area contributed by atoms with E-state index in [2.05, 4.69) is 24.1 Å². The Kier molecular flexibility index (Phi) is 2.34. The van der Waals surface area contributed by atoms with Crippen molar-refractivity contribution in [1.29, 1.82) is 0 Å². The van der Waals surface area contributed by atoms with Crippen molar-refractivity contribution in [3.05, 3.63) is 0 Å². The minimum atomic E-state index is 0.620. The smallest absolute Gasteiger partial charge is 0.0576 e. The second-order valence-electron chi connectivity index (χ2n) is 3.34. The van der Waals surface area contributed by atoms with E-state index in [-0.39, 0.29) is 0 Å². The van der Waals surface area contributed by atoms with E-state index in [1.165, 1.54) is 12.8 Å². The van der Waals surface area contributed by atoms with Gasteiger partial charge in [-0.15, -0.1) is 5.92 Å². The summed E-state index contributed by atoms with van der Waals surface area (Å²) in [6.45, 7) is 6.19. The van der Waals surface area contributed by atoms with Crippen LogP contribution in [0.4, 0.5) is 0 Å². The Hall–Kier alpha value is -0.480. The van der Waals surface area contributed by atoms with Crippen molar-refractivity contribution in [2.24, 2.45) is 5.41 Å². The molecule has 0 radical (unpaired) electrons. The second-order valence-corrected chi connectivity index (χ2v) is 3.34. The fraction of sp³-hybridized carbons (Fsp3) is 0.778. The maximum atomic E-state index is 3.32. The number of hydrogen-bond acceptors (Lipinski definition) is 1. The van der Waals surface area contributed by atoms with Gasteiger partial charge in [-0.25, -0.2) is 0 Å². The topological polar surface area (TPSA) is 12.0 Å². The molecule has 1 fully saturated rings. The van der Waals surface area contributed by atoms with Gasteiger partial charge in [-0.2, -0.15) is 0 Å². The molecule has 0 saturated heterocycles. The van der Waals surface area contributed by atoms with Crippen LogP contribution >= 0.6 is 0 Å². The van der Waals surface area contributed by atoms with Crippen molar-refractivity contribution in [1.82, 2.24) is 5.32 Å². The molecule has 1 aliphatic carbocycles. The van der Waals surface area contributed by atoms with E-state index in [0.29, 0.717) is 5.41 Å². The highest BCUT2D eigenvalue weighted by molar-refractivity contribution is 4.98. The molecule has 0 aromatic rings. The Morgan fingerprint density at radius 1 is 1.50 bits per heavy atom. The highest BCUT2D eigenvalue weighted by Crippen LogP contribution is 2.43. The lowest BCUT2D eigenvalue weighted by Crippen LogP contribution is -2.22. The number of rotatable bonds is 3. The molecular weight excluding hydrogens is 122 g/mol. The molecule has 0 aromatic carbocycles. The van der Waals surface area contributed by atoms with Crippen LogP contribution < -0.4 is 5.32 Å². The third kappa shape index (κ3) is 2.41. The van der Waals surface area contributed by atoms with Gasteiger partial charge in [0.1, 0.15) is 0 Å². The van der Waals surface area contributed by atoms with E-state index in [1.807, 2.05) is 6.92 Å². The molecule has 1 aliphatic rings. The Labute approximate surface area is 63.2 Å². The Bertz CT molecular complexity index is 157. The first-order valence-corrected chi connectivity index (χ1v) is 3.87. The summed E-state index contributed by atoms with van der Waals surface area (Å²) in [6, 6.07) is 0. The minimum absolute atomic E-state index is 0.620. The van der Waals surface area contributed by atoms with Crippen molar-refractivity contribution in [3.8, 4) is 11.8 Å². The maximum Gasteiger partial charge on any atom is 0.0576 e. The van der Waals surface area contributed by atoms with E-state index >= 15 is 0 Å². The minimum Gasteiger partial charge on any atom is -0.306 e. The van der Waals surface area contributed by atoms with E-state index in [9.17, 15) is 0 Å². The lowest BCUT2D eigenvalue weighted by molar-refractivity contribution is 0.520. The predicted octanol–water partition coefficient (Wildman–Crippen LogP) is 1.40. The zero-order valence-electron chi connectivity index (χ0n) is 6.83. The fourth-order valence-electron chi connectivity index (χ4n) is 0.905. The van der Waals surface area contributed by atoms with Crippen molar-refractivity contribution < 1.29 is 0 Å². The molecule has 0 heterocycles. The van der Waals surface area contributed by atoms with Gasteiger partial charge in [0.2, 0.25) is 0 Å². The summed E-state index contributed by atoms with van der Waals surface area (Å²) in [6.07, 6.45) is 2.78. The largest absolute Gasteiger partial charge is 0.306 e. The van der Waals surface area contributed by atoms with Crippen LogP contribution in [0.25, 0.3) is 0 Å². The Morgan fingerprint density at radius 3 is 2.70 bits per heavy atom. The first kappa shape index (κ1) is 7.63. The molecule has 1 heteroatoms. The first-order valence-electron chi connectivity index (χ1n) is 3.87. The van der Waals surface area contributed by atoms with Crippen LogP contribution in [0.3, 0.4) is 0 Å². The van der Waals surface area contributed by atoms with Crippen molar-refractivity contribution in [3.63, 3.8) is 0 Å². The quantitative estimate of drug-likeness (QED) is 0.458. The predicted molar refractivity (Wildman–Crippen MR) is 43.7 cm³/mol. The van der Waals surface area contributed by atoms with Crippen LogP contribution in [0.2, 0.25) is 0 Å². The van der Waals surface area contributed by atoms with E-state index < -0.39 is 0 Å². The van der Waals surface area contributed by atoms with Gasteiger partial charge in [-0.05, 0) is 25.2 Å². The third-order valence-electron chi connectivity index (χ3n) is 2.05. The molecular formula is C9H15N. The molecule has 0 amide bonds. The lowest BCUT2D eigenvalue weighted by Gasteiger charge is -2.05. The van der Waals surface area contributed by atoms with Crippen LogP contribution in [-0.2, 0) is 0 Å². The van der Waals surface area contributed by atoms with Gasteiger partial charge >= 0.3 is 0 Å². The van der Waals surface area contributed by atoms with Gasteiger partial charge in [0.05, 0.1) is 6.54 Å². The normalized spacial score (nSPS) is 19.4. The number of hydrogen-bond donors (Lipinski definition) is 1. The summed E-state index contributed by atoms with van der Waals surface area (Å²) < 4.78 is 0. The van der Waals surface area contributed by atoms with Gasteiger partial charge in [-0.1, -0.05) is 12.8 Å². The highest BCUT2D eigenvalue weighted by atomic mass is 14.9. The summed E-state index contributed by atoms with van der Waals surface area (Å²) in [4.78, 5) is 0. The third-order valence-corrected chi connectivity index (χ3v) is 2.05. The van der Waals surface area contributed by atoms with E-state index in [1.54, 1.807) is 0 Å². The van der Waals surface area contributed by atoms with Gasteiger partial charge < -0.3 is 5.32 Å². The second kappa shape index (κ2) is 3.07. The van der Waals surface area contributed by atoms with E-state index in [0.717, 1.165) is 13.1 Å². The van der Waals surface area contributed by atoms with Crippen LogP contribution in [-0.4, -0.2) is 13.1 Å². The zero-order valence-corrected chi connectivity index (χ0v) is 6.83. The van der Waals surface area contributed by atoms with Gasteiger partial charge in [0, 0.05) is 6.54 Å². The monoisotopic (exact) mass is 137 g/mol. The Morgan fingerprint density at radius 2 is 2.20 bits per heavy atom. The molecule has 10 heavy (non-hydrogen) atoms. The molecule has 0 spiro atoms. The number of nitrogens with one attached hydrogen (secondary N) is 1. The summed E-state index contributed by atoms with van der Waals surface area (Å²) in [7, 11) is 0. The van der Waals surface area contributed by atoms with Gasteiger partial charge in [0.15, 0.2) is 0 Å². The average molecular weight is 137 g/mol. The van der Waals surface area contributed by atoms with E-state index in [4.69, 9.17) is 0 Å². The Balaban J connectivity index is 1.99. The summed E-state index contributed by atoms with van der Waals surface area (Å²) >= 11 is 0. The zero-order chi connectivity index (χ0) is 7.45. The molecule has 0 bridgehead atoms. The molecule has 1 N–H and O–H groups in total. The van der Waals surface area contributed by atoms with Crippen LogP contribution in [0.15, 0.2) is 0 Å². The van der Waals surface area contributed by atoms with Crippen molar-refractivity contribution in [2.75, 3.05) is 13.1 Å². The van der Waals surface area contributed by atoms with Crippen LogP contribution in [0.5, 0.6) is 0 Å². The van der Waals surface area contributed by atoms with Crippen LogP contribution in [0, 0.1) is 17.3 Å². The molecule has 0 atom stereocenters. The molecule has 0 aliphatic heterocycles. The fourth-order valence-corrected chi connectivity index (χ4v) is 0.905. The molecule has 56 valence electrons. The highest BCUT2D eigenvalue weighted by Gasteiger charge is 2.36. The maximum absolute atomic E-state index is 3.32. The molecule has 1 nitrogen and oxygen atoms in total. The van der Waals surface area contributed by atoms with Crippen molar-refractivity contribution >= 4 is 0 Å². The first-order chi connectivity index (χ1) is 4.77. The molecule has 1 saturated carbocycles. The molecule has 0 unspecified atom stereocenters. The van der Waals surface area contributed by atoms with Crippen LogP contribution in [0.1, 0.15) is 26.7 Å². The molecule has 0 aromatic heterocycles.